The van der Waals surface area contributed by atoms with E-state index in [1.54, 1.807) is 21.8 Å². The van der Waals surface area contributed by atoms with Gasteiger partial charge in [0.2, 0.25) is 5.91 Å². The minimum atomic E-state index is -0.130. The quantitative estimate of drug-likeness (QED) is 0.424. The summed E-state index contributed by atoms with van der Waals surface area (Å²) in [4.78, 5) is 29.8. The molecule has 2 aromatic heterocycles. The van der Waals surface area contributed by atoms with Crippen molar-refractivity contribution in [3.05, 3.63) is 107 Å². The fourth-order valence-electron chi connectivity index (χ4n) is 4.04. The fraction of sp³-hybridized carbons (Fsp3) is 0.154. The first-order chi connectivity index (χ1) is 16.2. The van der Waals surface area contributed by atoms with Crippen LogP contribution in [-0.4, -0.2) is 31.8 Å². The minimum absolute atomic E-state index is 0.0546. The molecule has 0 saturated heterocycles. The molecule has 0 saturated carbocycles. The molecule has 0 unspecified atom stereocenters. The Labute approximate surface area is 190 Å². The summed E-state index contributed by atoms with van der Waals surface area (Å²) in [5.74, 6) is -0.0546. The molecule has 0 atom stereocenters. The third kappa shape index (κ3) is 4.39. The van der Waals surface area contributed by atoms with Crippen LogP contribution in [-0.2, 0) is 24.3 Å². The van der Waals surface area contributed by atoms with Crippen LogP contribution in [0.15, 0.2) is 90.1 Å². The Kier molecular flexibility index (Phi) is 5.68. The second-order valence-electron chi connectivity index (χ2n) is 7.93. The second-order valence-corrected chi connectivity index (χ2v) is 7.93. The Balaban J connectivity index is 1.24. The Morgan fingerprint density at radius 1 is 0.909 bits per heavy atom. The summed E-state index contributed by atoms with van der Waals surface area (Å²) in [5, 5.41) is 9.94. The Morgan fingerprint density at radius 2 is 1.70 bits per heavy atom. The van der Waals surface area contributed by atoms with Gasteiger partial charge in [-0.05, 0) is 21.9 Å². The van der Waals surface area contributed by atoms with Crippen LogP contribution in [0.5, 0.6) is 0 Å². The molecule has 7 nitrogen and oxygen atoms in total. The molecular weight excluding hydrogens is 414 g/mol. The highest BCUT2D eigenvalue weighted by atomic mass is 16.1. The molecule has 5 aromatic rings. The van der Waals surface area contributed by atoms with Crippen LogP contribution >= 0.6 is 0 Å². The maximum Gasteiger partial charge on any atom is 0.264 e. The van der Waals surface area contributed by atoms with E-state index < -0.39 is 0 Å². The maximum absolute atomic E-state index is 12.8. The number of carbonyl (C=O) groups is 1. The van der Waals surface area contributed by atoms with Crippen LogP contribution in [0.1, 0.15) is 11.1 Å². The molecule has 0 spiro atoms. The lowest BCUT2D eigenvalue weighted by Crippen LogP contribution is -2.29. The second kappa shape index (κ2) is 9.08. The molecule has 2 heterocycles. The van der Waals surface area contributed by atoms with Crippen LogP contribution in [0.25, 0.3) is 21.8 Å². The van der Waals surface area contributed by atoms with Gasteiger partial charge in [0.25, 0.3) is 5.56 Å². The molecule has 33 heavy (non-hydrogen) atoms. The van der Waals surface area contributed by atoms with Crippen molar-refractivity contribution in [3.63, 3.8) is 0 Å². The molecule has 5 rings (SSSR count). The van der Waals surface area contributed by atoms with Crippen LogP contribution in [0.2, 0.25) is 0 Å². The summed E-state index contributed by atoms with van der Waals surface area (Å²) in [6.07, 6.45) is 3.41. The van der Waals surface area contributed by atoms with Crippen molar-refractivity contribution in [1.29, 1.82) is 0 Å². The molecule has 0 bridgehead atoms. The Morgan fingerprint density at radius 3 is 2.58 bits per heavy atom. The first-order valence-corrected chi connectivity index (χ1v) is 10.9. The topological polar surface area (TPSA) is 81.8 Å². The number of hydrogen-bond donors (Lipinski definition) is 1. The number of hydrogen-bond acceptors (Lipinski definition) is 4. The highest BCUT2D eigenvalue weighted by molar-refractivity contribution is 5.90. The number of fused-ring (bicyclic) bond motifs is 2. The number of benzene rings is 3. The average Bonchev–Trinajstić information content (AvgIpc) is 3.25. The van der Waals surface area contributed by atoms with Gasteiger partial charge in [0.1, 0.15) is 11.7 Å². The van der Waals surface area contributed by atoms with Gasteiger partial charge in [0.05, 0.1) is 25.7 Å². The summed E-state index contributed by atoms with van der Waals surface area (Å²) in [7, 11) is 0. The smallest absolute Gasteiger partial charge is 0.264 e. The molecule has 0 aliphatic carbocycles. The average molecular weight is 438 g/mol. The molecule has 0 fully saturated rings. The molecule has 0 aliphatic heterocycles. The molecule has 1 N–H and O–H groups in total. The summed E-state index contributed by atoms with van der Waals surface area (Å²) in [5.41, 5.74) is 2.42. The Bertz CT molecular complexity index is 1480. The number of carbonyl (C=O) groups excluding carboxylic acids is 1. The van der Waals surface area contributed by atoms with E-state index in [1.807, 2.05) is 72.8 Å². The molecule has 164 valence electrons. The van der Waals surface area contributed by atoms with Crippen LogP contribution in [0.4, 0.5) is 0 Å². The maximum atomic E-state index is 12.8. The number of nitrogens with zero attached hydrogens (tertiary/aromatic N) is 4. The van der Waals surface area contributed by atoms with Crippen molar-refractivity contribution >= 4 is 27.7 Å². The third-order valence-electron chi connectivity index (χ3n) is 5.69. The van der Waals surface area contributed by atoms with Crippen LogP contribution in [0.3, 0.4) is 0 Å². The van der Waals surface area contributed by atoms with E-state index in [-0.39, 0.29) is 11.5 Å². The molecule has 0 aliphatic rings. The first-order valence-electron chi connectivity index (χ1n) is 10.9. The van der Waals surface area contributed by atoms with Crippen molar-refractivity contribution in [3.8, 4) is 0 Å². The van der Waals surface area contributed by atoms with Crippen molar-refractivity contribution in [1.82, 2.24) is 24.6 Å². The first kappa shape index (κ1) is 20.6. The van der Waals surface area contributed by atoms with Gasteiger partial charge in [-0.15, -0.1) is 0 Å². The zero-order valence-electron chi connectivity index (χ0n) is 18.0. The summed E-state index contributed by atoms with van der Waals surface area (Å²) < 4.78 is 3.23. The Hall–Kier alpha value is -4.26. The van der Waals surface area contributed by atoms with E-state index >= 15 is 0 Å². The van der Waals surface area contributed by atoms with E-state index in [2.05, 4.69) is 15.4 Å². The van der Waals surface area contributed by atoms with E-state index in [1.165, 1.54) is 0 Å². The number of rotatable bonds is 7. The lowest BCUT2D eigenvalue weighted by atomic mass is 10.0. The summed E-state index contributed by atoms with van der Waals surface area (Å²) >= 11 is 0. The highest BCUT2D eigenvalue weighted by Gasteiger charge is 2.11. The van der Waals surface area contributed by atoms with Crippen LogP contribution in [0, 0.1) is 0 Å². The summed E-state index contributed by atoms with van der Waals surface area (Å²) in [6, 6.07) is 23.8. The lowest BCUT2D eigenvalue weighted by molar-refractivity contribution is -0.120. The van der Waals surface area contributed by atoms with Crippen molar-refractivity contribution in [2.75, 3.05) is 6.54 Å². The van der Waals surface area contributed by atoms with E-state index in [0.717, 1.165) is 21.9 Å². The molecule has 3 aromatic carbocycles. The van der Waals surface area contributed by atoms with Gasteiger partial charge >= 0.3 is 0 Å². The molecule has 1 amide bonds. The van der Waals surface area contributed by atoms with Gasteiger partial charge in [-0.25, -0.2) is 9.67 Å². The van der Waals surface area contributed by atoms with Gasteiger partial charge in [-0.2, -0.15) is 5.10 Å². The monoisotopic (exact) mass is 437 g/mol. The van der Waals surface area contributed by atoms with Gasteiger partial charge in [-0.3, -0.25) is 14.2 Å². The zero-order valence-corrected chi connectivity index (χ0v) is 18.0. The SMILES string of the molecule is O=C(Cc1cccc2ccccc12)NCCn1ncc2c(=O)n(Cc3ccccc3)cnc21. The van der Waals surface area contributed by atoms with Gasteiger partial charge in [-0.1, -0.05) is 72.8 Å². The normalized spacial score (nSPS) is 11.2. The largest absolute Gasteiger partial charge is 0.354 e. The van der Waals surface area contributed by atoms with E-state index in [9.17, 15) is 9.59 Å². The minimum Gasteiger partial charge on any atom is -0.354 e. The molecule has 7 heteroatoms. The molecule has 0 radical (unpaired) electrons. The number of nitrogens with one attached hydrogen (secondary N) is 1. The fourth-order valence-corrected chi connectivity index (χ4v) is 4.04. The van der Waals surface area contributed by atoms with E-state index in [4.69, 9.17) is 0 Å². The predicted octanol–water partition coefficient (Wildman–Crippen LogP) is 3.15. The van der Waals surface area contributed by atoms with Crippen molar-refractivity contribution in [2.24, 2.45) is 0 Å². The highest BCUT2D eigenvalue weighted by Crippen LogP contribution is 2.18. The lowest BCUT2D eigenvalue weighted by Gasteiger charge is -2.09. The standard InChI is InChI=1S/C26H23N5O2/c32-24(15-21-11-6-10-20-9-4-5-12-22(20)21)27-13-14-31-25-23(16-29-31)26(33)30(18-28-25)17-19-7-2-1-3-8-19/h1-12,16,18H,13-15,17H2,(H,27,32). The third-order valence-corrected chi connectivity index (χ3v) is 5.69. The van der Waals surface area contributed by atoms with Gasteiger partial charge in [0, 0.05) is 6.54 Å². The van der Waals surface area contributed by atoms with Gasteiger partial charge < -0.3 is 5.32 Å². The van der Waals surface area contributed by atoms with Crippen molar-refractivity contribution in [2.45, 2.75) is 19.5 Å². The zero-order chi connectivity index (χ0) is 22.6. The van der Waals surface area contributed by atoms with E-state index in [0.29, 0.717) is 37.1 Å². The number of amides is 1. The number of aromatic nitrogens is 4. The summed E-state index contributed by atoms with van der Waals surface area (Å²) in [6.45, 7) is 1.28. The van der Waals surface area contributed by atoms with Crippen molar-refractivity contribution < 1.29 is 4.79 Å². The van der Waals surface area contributed by atoms with Crippen LogP contribution < -0.4 is 10.9 Å². The molecular formula is C26H23N5O2. The van der Waals surface area contributed by atoms with Gasteiger partial charge in [0.15, 0.2) is 5.65 Å². The predicted molar refractivity (Wildman–Crippen MR) is 128 cm³/mol.